The third kappa shape index (κ3) is 3.42. The predicted molar refractivity (Wildman–Crippen MR) is 77.5 cm³/mol. The minimum absolute atomic E-state index is 0.103. The third-order valence-corrected chi connectivity index (χ3v) is 3.18. The van der Waals surface area contributed by atoms with Gasteiger partial charge in [0.05, 0.1) is 5.69 Å². The Morgan fingerprint density at radius 3 is 2.52 bits per heavy atom. The highest BCUT2D eigenvalue weighted by atomic mass is 16.3. The second kappa shape index (κ2) is 6.13. The van der Waals surface area contributed by atoms with E-state index in [0.29, 0.717) is 24.3 Å². The van der Waals surface area contributed by atoms with Crippen LogP contribution in [0.2, 0.25) is 0 Å². The fraction of sp³-hybridized carbons (Fsp3) is 0.200. The fourth-order valence-electron chi connectivity index (χ4n) is 1.91. The number of phenols is 1. The van der Waals surface area contributed by atoms with Crippen molar-refractivity contribution in [2.45, 2.75) is 13.5 Å². The van der Waals surface area contributed by atoms with E-state index in [1.807, 2.05) is 0 Å². The molecule has 0 unspecified atom stereocenters. The first-order valence-electron chi connectivity index (χ1n) is 6.45. The van der Waals surface area contributed by atoms with Crippen LogP contribution in [0.5, 0.6) is 11.5 Å². The van der Waals surface area contributed by atoms with Crippen molar-refractivity contribution in [3.05, 3.63) is 58.0 Å². The number of pyridine rings is 1. The molecule has 3 N–H and O–H groups in total. The number of aromatic hydroxyl groups is 2. The molecule has 1 aromatic carbocycles. The van der Waals surface area contributed by atoms with Crippen molar-refractivity contribution in [1.29, 1.82) is 0 Å². The molecule has 0 fully saturated rings. The minimum Gasteiger partial charge on any atom is -0.508 e. The maximum atomic E-state index is 11.9. The molecule has 0 aliphatic heterocycles. The molecule has 0 aliphatic carbocycles. The van der Waals surface area contributed by atoms with Crippen molar-refractivity contribution in [2.24, 2.45) is 0 Å². The summed E-state index contributed by atoms with van der Waals surface area (Å²) in [5, 5.41) is 21.4. The number of carbonyl (C=O) groups excluding carboxylic acids is 1. The summed E-state index contributed by atoms with van der Waals surface area (Å²) in [5.74, 6) is -0.425. The minimum atomic E-state index is -0.420. The Morgan fingerprint density at radius 2 is 1.86 bits per heavy atom. The van der Waals surface area contributed by atoms with Gasteiger partial charge >= 0.3 is 0 Å². The standard InChI is InChI=1S/C15H16N2O4/c1-10-14(20)13(19)6-8-17(10)9-7-16-15(21)11-2-4-12(18)5-3-11/h2-6,8,18,20H,7,9H2,1H3,(H,16,21). The highest BCUT2D eigenvalue weighted by Crippen LogP contribution is 2.10. The van der Waals surface area contributed by atoms with E-state index >= 15 is 0 Å². The molecule has 1 amide bonds. The molecule has 0 atom stereocenters. The molecule has 110 valence electrons. The molecule has 6 heteroatoms. The number of aromatic nitrogens is 1. The molecule has 0 saturated carbocycles. The lowest BCUT2D eigenvalue weighted by molar-refractivity contribution is 0.0952. The molecule has 1 heterocycles. The summed E-state index contributed by atoms with van der Waals surface area (Å²) in [4.78, 5) is 23.1. The topological polar surface area (TPSA) is 91.6 Å². The quantitative estimate of drug-likeness (QED) is 0.782. The van der Waals surface area contributed by atoms with Gasteiger partial charge in [0.25, 0.3) is 5.91 Å². The van der Waals surface area contributed by atoms with Crippen LogP contribution in [0, 0.1) is 6.92 Å². The van der Waals surface area contributed by atoms with Gasteiger partial charge in [0.1, 0.15) is 5.75 Å². The van der Waals surface area contributed by atoms with Gasteiger partial charge in [-0.3, -0.25) is 9.59 Å². The summed E-state index contributed by atoms with van der Waals surface area (Å²) in [5.41, 5.74) is 0.491. The highest BCUT2D eigenvalue weighted by Gasteiger charge is 2.07. The second-order valence-electron chi connectivity index (χ2n) is 4.61. The Morgan fingerprint density at radius 1 is 1.19 bits per heavy atom. The summed E-state index contributed by atoms with van der Waals surface area (Å²) in [7, 11) is 0. The van der Waals surface area contributed by atoms with E-state index < -0.39 is 5.43 Å². The van der Waals surface area contributed by atoms with Crippen molar-refractivity contribution < 1.29 is 15.0 Å². The van der Waals surface area contributed by atoms with E-state index in [1.165, 1.54) is 30.3 Å². The highest BCUT2D eigenvalue weighted by molar-refractivity contribution is 5.94. The van der Waals surface area contributed by atoms with Crippen LogP contribution >= 0.6 is 0 Å². The summed E-state index contributed by atoms with van der Waals surface area (Å²) in [6.07, 6.45) is 1.57. The van der Waals surface area contributed by atoms with E-state index in [2.05, 4.69) is 5.32 Å². The number of amides is 1. The van der Waals surface area contributed by atoms with E-state index in [4.69, 9.17) is 5.11 Å². The van der Waals surface area contributed by atoms with Gasteiger partial charge in [-0.25, -0.2) is 0 Å². The number of nitrogens with zero attached hydrogens (tertiary/aromatic N) is 1. The number of benzene rings is 1. The van der Waals surface area contributed by atoms with Crippen LogP contribution in [0.1, 0.15) is 16.1 Å². The predicted octanol–water partition coefficient (Wildman–Crippen LogP) is 0.998. The lowest BCUT2D eigenvalue weighted by Crippen LogP contribution is -2.27. The number of carbonyl (C=O) groups is 1. The SMILES string of the molecule is Cc1c(O)c(=O)ccn1CCNC(=O)c1ccc(O)cc1. The van der Waals surface area contributed by atoms with Crippen LogP contribution in [0.4, 0.5) is 0 Å². The molecule has 2 rings (SSSR count). The van der Waals surface area contributed by atoms with Gasteiger partial charge in [0, 0.05) is 30.9 Å². The zero-order valence-electron chi connectivity index (χ0n) is 11.5. The number of hydrogen-bond donors (Lipinski definition) is 3. The van der Waals surface area contributed by atoms with Crippen LogP contribution in [0.25, 0.3) is 0 Å². The lowest BCUT2D eigenvalue weighted by Gasteiger charge is -2.12. The van der Waals surface area contributed by atoms with Crippen molar-refractivity contribution in [1.82, 2.24) is 9.88 Å². The Hall–Kier alpha value is -2.76. The van der Waals surface area contributed by atoms with Crippen LogP contribution < -0.4 is 10.7 Å². The normalized spacial score (nSPS) is 10.3. The molecule has 1 aromatic heterocycles. The average molecular weight is 288 g/mol. The van der Waals surface area contributed by atoms with E-state index in [-0.39, 0.29) is 17.4 Å². The Balaban J connectivity index is 1.95. The molecular formula is C15H16N2O4. The summed E-state index contributed by atoms with van der Waals surface area (Å²) < 4.78 is 1.69. The smallest absolute Gasteiger partial charge is 0.251 e. The zero-order chi connectivity index (χ0) is 15.4. The monoisotopic (exact) mass is 288 g/mol. The maximum Gasteiger partial charge on any atom is 0.251 e. The molecule has 0 aliphatic rings. The molecule has 0 spiro atoms. The average Bonchev–Trinajstić information content (AvgIpc) is 2.48. The first-order chi connectivity index (χ1) is 9.99. The van der Waals surface area contributed by atoms with E-state index in [9.17, 15) is 14.7 Å². The van der Waals surface area contributed by atoms with Gasteiger partial charge in [-0.15, -0.1) is 0 Å². The largest absolute Gasteiger partial charge is 0.508 e. The molecular weight excluding hydrogens is 272 g/mol. The molecule has 0 radical (unpaired) electrons. The summed E-state index contributed by atoms with van der Waals surface area (Å²) in [6.45, 7) is 2.42. The van der Waals surface area contributed by atoms with Crippen molar-refractivity contribution in [3.63, 3.8) is 0 Å². The third-order valence-electron chi connectivity index (χ3n) is 3.18. The summed E-state index contributed by atoms with van der Waals surface area (Å²) >= 11 is 0. The second-order valence-corrected chi connectivity index (χ2v) is 4.61. The van der Waals surface area contributed by atoms with Gasteiger partial charge in [-0.05, 0) is 31.2 Å². The van der Waals surface area contributed by atoms with Crippen LogP contribution in [-0.4, -0.2) is 27.2 Å². The van der Waals surface area contributed by atoms with Crippen molar-refractivity contribution in [3.8, 4) is 11.5 Å². The molecule has 21 heavy (non-hydrogen) atoms. The first kappa shape index (κ1) is 14.6. The van der Waals surface area contributed by atoms with Gasteiger partial charge in [0.15, 0.2) is 5.75 Å². The number of hydrogen-bond acceptors (Lipinski definition) is 4. The van der Waals surface area contributed by atoms with Crippen LogP contribution in [0.15, 0.2) is 41.3 Å². The number of rotatable bonds is 4. The Labute approximate surface area is 121 Å². The molecule has 6 nitrogen and oxygen atoms in total. The lowest BCUT2D eigenvalue weighted by atomic mass is 10.2. The molecule has 2 aromatic rings. The van der Waals surface area contributed by atoms with Crippen molar-refractivity contribution >= 4 is 5.91 Å². The number of nitrogens with one attached hydrogen (secondary N) is 1. The van der Waals surface area contributed by atoms with Crippen LogP contribution in [0.3, 0.4) is 0 Å². The maximum absolute atomic E-state index is 11.9. The van der Waals surface area contributed by atoms with Gasteiger partial charge in [-0.2, -0.15) is 0 Å². The number of phenolic OH excluding ortho intramolecular Hbond substituents is 1. The van der Waals surface area contributed by atoms with Gasteiger partial charge in [-0.1, -0.05) is 0 Å². The summed E-state index contributed by atoms with van der Waals surface area (Å²) in [6, 6.07) is 7.23. The van der Waals surface area contributed by atoms with Crippen LogP contribution in [-0.2, 0) is 6.54 Å². The van der Waals surface area contributed by atoms with Crippen molar-refractivity contribution in [2.75, 3.05) is 6.54 Å². The van der Waals surface area contributed by atoms with Gasteiger partial charge in [0.2, 0.25) is 5.43 Å². The van der Waals surface area contributed by atoms with Gasteiger partial charge < -0.3 is 20.1 Å². The Bertz CT molecular complexity index is 705. The molecule has 0 saturated heterocycles. The first-order valence-corrected chi connectivity index (χ1v) is 6.45. The molecule has 0 bridgehead atoms. The fourth-order valence-corrected chi connectivity index (χ4v) is 1.91. The zero-order valence-corrected chi connectivity index (χ0v) is 11.5. The van der Waals surface area contributed by atoms with E-state index in [0.717, 1.165) is 0 Å². The Kier molecular flexibility index (Phi) is 4.27. The van der Waals surface area contributed by atoms with E-state index in [1.54, 1.807) is 17.7 Å².